The number of rotatable bonds is 4. The van der Waals surface area contributed by atoms with Crippen LogP contribution in [0.4, 0.5) is 0 Å². The number of phenolic OH excluding ortho intramolecular Hbond substituents is 1. The Kier molecular flexibility index (Phi) is 5.13. The second kappa shape index (κ2) is 6.87. The Morgan fingerprint density at radius 1 is 1.23 bits per heavy atom. The predicted molar refractivity (Wildman–Crippen MR) is 86.8 cm³/mol. The Morgan fingerprint density at radius 2 is 1.95 bits per heavy atom. The van der Waals surface area contributed by atoms with Crippen LogP contribution in [-0.4, -0.2) is 16.9 Å². The fourth-order valence-electron chi connectivity index (χ4n) is 1.98. The molecule has 1 heterocycles. The van der Waals surface area contributed by atoms with Gasteiger partial charge in [0.15, 0.2) is 5.58 Å². The van der Waals surface area contributed by atoms with Gasteiger partial charge in [0.1, 0.15) is 12.4 Å². The molecule has 3 aromatic rings. The van der Waals surface area contributed by atoms with Crippen LogP contribution in [0.15, 0.2) is 47.0 Å². The molecule has 0 saturated carbocycles. The van der Waals surface area contributed by atoms with Gasteiger partial charge in [-0.3, -0.25) is 0 Å². The first-order valence-corrected chi connectivity index (χ1v) is 6.73. The van der Waals surface area contributed by atoms with Gasteiger partial charge in [-0.05, 0) is 41.1 Å². The number of halogens is 2. The zero-order chi connectivity index (χ0) is 14.8. The van der Waals surface area contributed by atoms with E-state index in [0.29, 0.717) is 21.9 Å². The number of ether oxygens (including phenoxy) is 1. The van der Waals surface area contributed by atoms with Gasteiger partial charge in [0.2, 0.25) is 0 Å². The number of hydrogen-bond acceptors (Lipinski definition) is 5. The standard InChI is InChI=1S/C15H13ClN2O3.ClH/c16-10-3-6-14-12(7-10)15(18-21-14)20-8-13(17)9-1-4-11(19)5-2-9;/h1-7,13,19H,8,17H2;1H. The summed E-state index contributed by atoms with van der Waals surface area (Å²) < 4.78 is 10.8. The molecule has 5 nitrogen and oxygen atoms in total. The smallest absolute Gasteiger partial charge is 0.262 e. The van der Waals surface area contributed by atoms with E-state index in [9.17, 15) is 5.11 Å². The van der Waals surface area contributed by atoms with E-state index >= 15 is 0 Å². The Balaban J connectivity index is 0.00000176. The van der Waals surface area contributed by atoms with E-state index in [4.69, 9.17) is 26.6 Å². The molecule has 3 N–H and O–H groups in total. The summed E-state index contributed by atoms with van der Waals surface area (Å²) in [7, 11) is 0. The molecule has 1 unspecified atom stereocenters. The van der Waals surface area contributed by atoms with Crippen LogP contribution in [0.2, 0.25) is 5.02 Å². The highest BCUT2D eigenvalue weighted by Crippen LogP contribution is 2.28. The van der Waals surface area contributed by atoms with Gasteiger partial charge in [-0.1, -0.05) is 23.7 Å². The summed E-state index contributed by atoms with van der Waals surface area (Å²) in [6.07, 6.45) is 0. The minimum atomic E-state index is -0.337. The fraction of sp³-hybridized carbons (Fsp3) is 0.133. The van der Waals surface area contributed by atoms with Gasteiger partial charge in [-0.2, -0.15) is 0 Å². The highest BCUT2D eigenvalue weighted by Gasteiger charge is 2.13. The van der Waals surface area contributed by atoms with E-state index < -0.39 is 0 Å². The minimum Gasteiger partial charge on any atom is -0.508 e. The average molecular weight is 341 g/mol. The molecule has 1 atom stereocenters. The van der Waals surface area contributed by atoms with Crippen molar-refractivity contribution in [1.82, 2.24) is 5.16 Å². The number of aromatic hydroxyl groups is 1. The van der Waals surface area contributed by atoms with E-state index in [1.165, 1.54) is 0 Å². The van der Waals surface area contributed by atoms with Crippen molar-refractivity contribution in [3.05, 3.63) is 53.1 Å². The maximum absolute atomic E-state index is 9.26. The third-order valence-corrected chi connectivity index (χ3v) is 3.35. The number of hydrogen-bond donors (Lipinski definition) is 2. The Bertz CT molecular complexity index is 759. The number of nitrogens with zero attached hydrogens (tertiary/aromatic N) is 1. The van der Waals surface area contributed by atoms with E-state index in [0.717, 1.165) is 5.56 Å². The number of nitrogens with two attached hydrogens (primary N) is 1. The molecule has 116 valence electrons. The van der Waals surface area contributed by atoms with Gasteiger partial charge in [-0.25, -0.2) is 0 Å². The van der Waals surface area contributed by atoms with E-state index in [1.807, 2.05) is 0 Å². The van der Waals surface area contributed by atoms with Crippen molar-refractivity contribution >= 4 is 35.0 Å². The third kappa shape index (κ3) is 3.44. The monoisotopic (exact) mass is 340 g/mol. The molecule has 0 spiro atoms. The molecule has 0 fully saturated rings. The molecule has 0 bridgehead atoms. The lowest BCUT2D eigenvalue weighted by Gasteiger charge is -2.12. The predicted octanol–water partition coefficient (Wildman–Crippen LogP) is 3.69. The normalized spacial score (nSPS) is 11.9. The molecular weight excluding hydrogens is 327 g/mol. The van der Waals surface area contributed by atoms with Crippen molar-refractivity contribution in [2.75, 3.05) is 6.61 Å². The Hall–Kier alpha value is -1.95. The topological polar surface area (TPSA) is 81.5 Å². The summed E-state index contributed by atoms with van der Waals surface area (Å²) in [5, 5.41) is 14.4. The van der Waals surface area contributed by atoms with E-state index in [2.05, 4.69) is 5.16 Å². The van der Waals surface area contributed by atoms with Gasteiger partial charge < -0.3 is 20.1 Å². The van der Waals surface area contributed by atoms with Crippen molar-refractivity contribution in [3.63, 3.8) is 0 Å². The van der Waals surface area contributed by atoms with Crippen molar-refractivity contribution < 1.29 is 14.4 Å². The van der Waals surface area contributed by atoms with Gasteiger partial charge in [0.25, 0.3) is 5.88 Å². The minimum absolute atomic E-state index is 0. The second-order valence-electron chi connectivity index (χ2n) is 4.64. The zero-order valence-electron chi connectivity index (χ0n) is 11.4. The largest absolute Gasteiger partial charge is 0.508 e. The molecule has 7 heteroatoms. The van der Waals surface area contributed by atoms with Crippen LogP contribution in [0.5, 0.6) is 11.6 Å². The fourth-order valence-corrected chi connectivity index (χ4v) is 2.15. The third-order valence-electron chi connectivity index (χ3n) is 3.12. The molecular formula is C15H14Cl2N2O3. The molecule has 2 aromatic carbocycles. The first kappa shape index (κ1) is 16.4. The van der Waals surface area contributed by atoms with Crippen molar-refractivity contribution in [2.45, 2.75) is 6.04 Å². The van der Waals surface area contributed by atoms with Crippen LogP contribution in [0.25, 0.3) is 11.0 Å². The van der Waals surface area contributed by atoms with E-state index in [1.54, 1.807) is 42.5 Å². The molecule has 1 aromatic heterocycles. The maximum Gasteiger partial charge on any atom is 0.262 e. The van der Waals surface area contributed by atoms with Gasteiger partial charge in [0.05, 0.1) is 11.4 Å². The molecule has 0 amide bonds. The van der Waals surface area contributed by atoms with Gasteiger partial charge in [-0.15, -0.1) is 12.4 Å². The molecule has 22 heavy (non-hydrogen) atoms. The zero-order valence-corrected chi connectivity index (χ0v) is 13.0. The quantitative estimate of drug-likeness (QED) is 0.756. The van der Waals surface area contributed by atoms with Gasteiger partial charge in [0, 0.05) is 5.02 Å². The Morgan fingerprint density at radius 3 is 2.68 bits per heavy atom. The van der Waals surface area contributed by atoms with Crippen LogP contribution in [0.1, 0.15) is 11.6 Å². The summed E-state index contributed by atoms with van der Waals surface area (Å²) in [5.74, 6) is 0.561. The van der Waals surface area contributed by atoms with Crippen LogP contribution in [0, 0.1) is 0 Å². The van der Waals surface area contributed by atoms with Crippen molar-refractivity contribution in [2.24, 2.45) is 5.73 Å². The SMILES string of the molecule is Cl.NC(COc1noc2ccc(Cl)cc12)c1ccc(O)cc1. The number of fused-ring (bicyclic) bond motifs is 1. The maximum atomic E-state index is 9.26. The summed E-state index contributed by atoms with van der Waals surface area (Å²) in [5.41, 5.74) is 7.51. The summed E-state index contributed by atoms with van der Waals surface area (Å²) in [4.78, 5) is 0. The first-order chi connectivity index (χ1) is 10.1. The molecule has 0 aliphatic heterocycles. The lowest BCUT2D eigenvalue weighted by molar-refractivity contribution is 0.264. The van der Waals surface area contributed by atoms with Crippen molar-refractivity contribution in [3.8, 4) is 11.6 Å². The molecule has 0 aliphatic rings. The number of aromatic nitrogens is 1. The van der Waals surface area contributed by atoms with Crippen molar-refractivity contribution in [1.29, 1.82) is 0 Å². The van der Waals surface area contributed by atoms with E-state index in [-0.39, 0.29) is 30.8 Å². The lowest BCUT2D eigenvalue weighted by Crippen LogP contribution is -2.19. The lowest BCUT2D eigenvalue weighted by atomic mass is 10.1. The van der Waals surface area contributed by atoms with Crippen LogP contribution < -0.4 is 10.5 Å². The van der Waals surface area contributed by atoms with Gasteiger partial charge >= 0.3 is 0 Å². The van der Waals surface area contributed by atoms with Crippen LogP contribution in [0.3, 0.4) is 0 Å². The summed E-state index contributed by atoms with van der Waals surface area (Å²) >= 11 is 5.95. The highest BCUT2D eigenvalue weighted by atomic mass is 35.5. The molecule has 0 aliphatic carbocycles. The molecule has 0 radical (unpaired) electrons. The first-order valence-electron chi connectivity index (χ1n) is 6.36. The Labute approximate surface area is 138 Å². The molecule has 3 rings (SSSR count). The number of benzene rings is 2. The van der Waals surface area contributed by atoms with Crippen LogP contribution >= 0.6 is 24.0 Å². The summed E-state index contributed by atoms with van der Waals surface area (Å²) in [6.45, 7) is 0.235. The highest BCUT2D eigenvalue weighted by molar-refractivity contribution is 6.31. The molecule has 0 saturated heterocycles. The van der Waals surface area contributed by atoms with Crippen LogP contribution in [-0.2, 0) is 0 Å². The average Bonchev–Trinajstić information content (AvgIpc) is 2.88. The number of phenols is 1. The second-order valence-corrected chi connectivity index (χ2v) is 5.07. The summed E-state index contributed by atoms with van der Waals surface area (Å²) in [6, 6.07) is 11.5.